The second-order valence-corrected chi connectivity index (χ2v) is 7.47. The predicted molar refractivity (Wildman–Crippen MR) is 129 cm³/mol. The van der Waals surface area contributed by atoms with Gasteiger partial charge in [-0.3, -0.25) is 9.78 Å². The van der Waals surface area contributed by atoms with E-state index < -0.39 is 5.97 Å². The lowest BCUT2D eigenvalue weighted by atomic mass is 10.0. The first-order chi connectivity index (χ1) is 16.0. The van der Waals surface area contributed by atoms with Gasteiger partial charge in [-0.05, 0) is 53.2 Å². The Hall–Kier alpha value is -4.52. The molecule has 33 heavy (non-hydrogen) atoms. The number of hydrazone groups is 1. The molecule has 1 amide bonds. The Morgan fingerprint density at radius 2 is 1.73 bits per heavy atom. The summed E-state index contributed by atoms with van der Waals surface area (Å²) in [6.45, 7) is 0. The standard InChI is InChI=1S/C26H22N4O3/c1-30(2)21-12-9-19(10-13-21)26(32)33-24-14-11-18-6-3-4-8-22(18)23(24)17-28-29-25(31)20-7-5-15-27-16-20/h3-17H,1-2H3,(H,29,31)/b28-17+. The summed E-state index contributed by atoms with van der Waals surface area (Å²) >= 11 is 0. The summed E-state index contributed by atoms with van der Waals surface area (Å²) in [4.78, 5) is 30.9. The number of anilines is 1. The van der Waals surface area contributed by atoms with E-state index >= 15 is 0 Å². The minimum absolute atomic E-state index is 0.342. The molecule has 0 radical (unpaired) electrons. The highest BCUT2D eigenvalue weighted by atomic mass is 16.5. The number of carbonyl (C=O) groups is 2. The van der Waals surface area contributed by atoms with E-state index in [9.17, 15) is 9.59 Å². The molecule has 0 unspecified atom stereocenters. The molecule has 1 N–H and O–H groups in total. The quantitative estimate of drug-likeness (QED) is 0.210. The van der Waals surface area contributed by atoms with Crippen molar-refractivity contribution in [2.24, 2.45) is 5.10 Å². The number of pyridine rings is 1. The molecule has 0 fully saturated rings. The van der Waals surface area contributed by atoms with Gasteiger partial charge in [0.1, 0.15) is 5.75 Å². The maximum atomic E-state index is 12.8. The number of hydrogen-bond acceptors (Lipinski definition) is 6. The lowest BCUT2D eigenvalue weighted by Crippen LogP contribution is -2.18. The average molecular weight is 438 g/mol. The van der Waals surface area contributed by atoms with E-state index in [-0.39, 0.29) is 5.91 Å². The van der Waals surface area contributed by atoms with Crippen LogP contribution in [0.4, 0.5) is 5.69 Å². The van der Waals surface area contributed by atoms with Gasteiger partial charge in [0.15, 0.2) is 0 Å². The summed E-state index contributed by atoms with van der Waals surface area (Å²) in [5, 5.41) is 5.88. The van der Waals surface area contributed by atoms with E-state index in [1.807, 2.05) is 61.5 Å². The largest absolute Gasteiger partial charge is 0.422 e. The normalized spacial score (nSPS) is 10.8. The van der Waals surface area contributed by atoms with Gasteiger partial charge in [0.25, 0.3) is 5.91 Å². The molecule has 3 aromatic carbocycles. The van der Waals surface area contributed by atoms with Gasteiger partial charge in [0.05, 0.1) is 17.3 Å². The van der Waals surface area contributed by atoms with Crippen molar-refractivity contribution in [1.29, 1.82) is 0 Å². The lowest BCUT2D eigenvalue weighted by Gasteiger charge is -2.13. The molecule has 1 heterocycles. The number of nitrogens with one attached hydrogen (secondary N) is 1. The molecule has 0 atom stereocenters. The number of rotatable bonds is 6. The molecule has 0 aliphatic rings. The molecule has 1 aromatic heterocycles. The molecule has 7 nitrogen and oxygen atoms in total. The molecule has 0 aliphatic carbocycles. The topological polar surface area (TPSA) is 83.9 Å². The Morgan fingerprint density at radius 3 is 2.45 bits per heavy atom. The molecular formula is C26H22N4O3. The second kappa shape index (κ2) is 9.74. The van der Waals surface area contributed by atoms with E-state index in [1.54, 1.807) is 36.5 Å². The van der Waals surface area contributed by atoms with Gasteiger partial charge in [0, 0.05) is 37.7 Å². The molecule has 0 bridgehead atoms. The van der Waals surface area contributed by atoms with Gasteiger partial charge in [-0.15, -0.1) is 0 Å². The fraction of sp³-hybridized carbons (Fsp3) is 0.0769. The highest BCUT2D eigenvalue weighted by Gasteiger charge is 2.14. The Kier molecular flexibility index (Phi) is 6.40. The van der Waals surface area contributed by atoms with Crippen molar-refractivity contribution in [3.8, 4) is 5.75 Å². The number of hydrogen-bond donors (Lipinski definition) is 1. The highest BCUT2D eigenvalue weighted by molar-refractivity contribution is 6.04. The summed E-state index contributed by atoms with van der Waals surface area (Å²) in [6, 6.07) is 21.7. The number of nitrogens with zero attached hydrogens (tertiary/aromatic N) is 3. The summed E-state index contributed by atoms with van der Waals surface area (Å²) in [6.07, 6.45) is 4.52. The maximum Gasteiger partial charge on any atom is 0.343 e. The number of fused-ring (bicyclic) bond motifs is 1. The van der Waals surface area contributed by atoms with Crippen LogP contribution in [0, 0.1) is 0 Å². The first-order valence-corrected chi connectivity index (χ1v) is 10.3. The van der Waals surface area contributed by atoms with E-state index in [1.165, 1.54) is 12.4 Å². The van der Waals surface area contributed by atoms with Crippen molar-refractivity contribution in [3.63, 3.8) is 0 Å². The lowest BCUT2D eigenvalue weighted by molar-refractivity contribution is 0.0734. The third-order valence-corrected chi connectivity index (χ3v) is 5.04. The van der Waals surface area contributed by atoms with Crippen molar-refractivity contribution in [2.75, 3.05) is 19.0 Å². The SMILES string of the molecule is CN(C)c1ccc(C(=O)Oc2ccc3ccccc3c2/C=N/NC(=O)c2cccnc2)cc1. The van der Waals surface area contributed by atoms with Crippen molar-refractivity contribution in [3.05, 3.63) is 102 Å². The molecule has 164 valence electrons. The molecule has 4 rings (SSSR count). The van der Waals surface area contributed by atoms with Crippen LogP contribution in [0.15, 0.2) is 90.3 Å². The van der Waals surface area contributed by atoms with Gasteiger partial charge >= 0.3 is 5.97 Å². The van der Waals surface area contributed by atoms with E-state index in [2.05, 4.69) is 15.5 Å². The molecular weight excluding hydrogens is 416 g/mol. The number of amides is 1. The third kappa shape index (κ3) is 5.04. The van der Waals surface area contributed by atoms with Gasteiger partial charge in [-0.25, -0.2) is 10.2 Å². The van der Waals surface area contributed by atoms with E-state index in [0.717, 1.165) is 16.5 Å². The van der Waals surface area contributed by atoms with Crippen LogP contribution in [0.5, 0.6) is 5.75 Å². The van der Waals surface area contributed by atoms with Crippen molar-refractivity contribution in [2.45, 2.75) is 0 Å². The van der Waals surface area contributed by atoms with E-state index in [0.29, 0.717) is 22.4 Å². The Bertz CT molecular complexity index is 1320. The summed E-state index contributed by atoms with van der Waals surface area (Å²) in [7, 11) is 3.86. The fourth-order valence-electron chi connectivity index (χ4n) is 3.27. The maximum absolute atomic E-state index is 12.8. The minimum atomic E-state index is -0.482. The van der Waals surface area contributed by atoms with Crippen molar-refractivity contribution in [1.82, 2.24) is 10.4 Å². The van der Waals surface area contributed by atoms with Gasteiger partial charge in [0.2, 0.25) is 0 Å². The second-order valence-electron chi connectivity index (χ2n) is 7.47. The first-order valence-electron chi connectivity index (χ1n) is 10.3. The number of benzene rings is 3. The van der Waals surface area contributed by atoms with E-state index in [4.69, 9.17) is 4.74 Å². The summed E-state index contributed by atoms with van der Waals surface area (Å²) in [5.41, 5.74) is 4.87. The van der Waals surface area contributed by atoms with Gasteiger partial charge < -0.3 is 9.64 Å². The Balaban J connectivity index is 1.61. The molecule has 4 aromatic rings. The van der Waals surface area contributed by atoms with Crippen LogP contribution in [0.25, 0.3) is 10.8 Å². The van der Waals surface area contributed by atoms with Crippen LogP contribution >= 0.6 is 0 Å². The van der Waals surface area contributed by atoms with Crippen LogP contribution in [0.2, 0.25) is 0 Å². The highest BCUT2D eigenvalue weighted by Crippen LogP contribution is 2.27. The number of carbonyl (C=O) groups excluding carboxylic acids is 2. The molecule has 0 spiro atoms. The summed E-state index contributed by atoms with van der Waals surface area (Å²) < 4.78 is 5.72. The molecule has 0 aliphatic heterocycles. The van der Waals surface area contributed by atoms with Crippen LogP contribution in [-0.4, -0.2) is 37.2 Å². The Labute approximate surface area is 191 Å². The smallest absolute Gasteiger partial charge is 0.343 e. The first kappa shape index (κ1) is 21.7. The summed E-state index contributed by atoms with van der Waals surface area (Å²) in [5.74, 6) is -0.529. The zero-order chi connectivity index (χ0) is 23.2. The van der Waals surface area contributed by atoms with Gasteiger partial charge in [-0.1, -0.05) is 30.3 Å². The van der Waals surface area contributed by atoms with Crippen molar-refractivity contribution < 1.29 is 14.3 Å². The van der Waals surface area contributed by atoms with Crippen molar-refractivity contribution >= 4 is 34.6 Å². The average Bonchev–Trinajstić information content (AvgIpc) is 2.85. The molecule has 0 saturated heterocycles. The Morgan fingerprint density at radius 1 is 0.939 bits per heavy atom. The number of aromatic nitrogens is 1. The zero-order valence-corrected chi connectivity index (χ0v) is 18.2. The van der Waals surface area contributed by atoms with Crippen LogP contribution in [-0.2, 0) is 0 Å². The minimum Gasteiger partial charge on any atom is -0.422 e. The fourth-order valence-corrected chi connectivity index (χ4v) is 3.27. The van der Waals surface area contributed by atoms with Crippen LogP contribution in [0.3, 0.4) is 0 Å². The number of esters is 1. The third-order valence-electron chi connectivity index (χ3n) is 5.04. The molecule has 7 heteroatoms. The number of ether oxygens (including phenoxy) is 1. The predicted octanol–water partition coefficient (Wildman–Crippen LogP) is 4.28. The molecule has 0 saturated carbocycles. The monoisotopic (exact) mass is 438 g/mol. The van der Waals surface area contributed by atoms with Crippen LogP contribution < -0.4 is 15.1 Å². The van der Waals surface area contributed by atoms with Gasteiger partial charge in [-0.2, -0.15) is 5.10 Å². The van der Waals surface area contributed by atoms with Crippen LogP contribution in [0.1, 0.15) is 26.3 Å². The zero-order valence-electron chi connectivity index (χ0n) is 18.2.